The minimum absolute atomic E-state index is 0.153. The molecule has 0 bridgehead atoms. The van der Waals surface area contributed by atoms with Gasteiger partial charge in [-0.05, 0) is 63.6 Å². The Morgan fingerprint density at radius 2 is 1.54 bits per heavy atom. The summed E-state index contributed by atoms with van der Waals surface area (Å²) in [6.07, 6.45) is 3.16. The standard InChI is InChI=1S/C20H24N2O3S/c1-15-5-7-16(8-6-15)9-14-19(23)21-17-10-12-18(13-11-17)26(24,25)22-20(2,3)4/h5-14,22H,1-4H3,(H,21,23)/b14-9+. The number of rotatable bonds is 5. The maximum absolute atomic E-state index is 12.3. The molecule has 0 atom stereocenters. The molecule has 0 fully saturated rings. The molecule has 1 amide bonds. The van der Waals surface area contributed by atoms with Crippen molar-refractivity contribution in [3.05, 3.63) is 65.7 Å². The van der Waals surface area contributed by atoms with E-state index < -0.39 is 15.6 Å². The van der Waals surface area contributed by atoms with Gasteiger partial charge in [0.1, 0.15) is 0 Å². The van der Waals surface area contributed by atoms with Gasteiger partial charge >= 0.3 is 0 Å². The van der Waals surface area contributed by atoms with Gasteiger partial charge in [-0.15, -0.1) is 0 Å². The number of carbonyl (C=O) groups is 1. The molecular formula is C20H24N2O3S. The molecule has 0 aliphatic rings. The largest absolute Gasteiger partial charge is 0.323 e. The maximum atomic E-state index is 12.3. The second kappa shape index (κ2) is 7.85. The Morgan fingerprint density at radius 1 is 0.962 bits per heavy atom. The minimum atomic E-state index is -3.59. The van der Waals surface area contributed by atoms with Crippen LogP contribution in [-0.2, 0) is 14.8 Å². The van der Waals surface area contributed by atoms with Crippen LogP contribution in [0.3, 0.4) is 0 Å². The van der Waals surface area contributed by atoms with Crippen molar-refractivity contribution in [2.24, 2.45) is 0 Å². The molecule has 26 heavy (non-hydrogen) atoms. The predicted octanol–water partition coefficient (Wildman–Crippen LogP) is 3.72. The van der Waals surface area contributed by atoms with E-state index in [9.17, 15) is 13.2 Å². The number of sulfonamides is 1. The van der Waals surface area contributed by atoms with Gasteiger partial charge in [-0.1, -0.05) is 29.8 Å². The zero-order valence-corrected chi connectivity index (χ0v) is 16.2. The van der Waals surface area contributed by atoms with E-state index in [2.05, 4.69) is 10.0 Å². The van der Waals surface area contributed by atoms with E-state index in [1.54, 1.807) is 39.0 Å². The van der Waals surface area contributed by atoms with Crippen molar-refractivity contribution < 1.29 is 13.2 Å². The van der Waals surface area contributed by atoms with E-state index in [0.29, 0.717) is 5.69 Å². The predicted molar refractivity (Wildman–Crippen MR) is 105 cm³/mol. The highest BCUT2D eigenvalue weighted by molar-refractivity contribution is 7.89. The van der Waals surface area contributed by atoms with Gasteiger partial charge in [0.25, 0.3) is 0 Å². The van der Waals surface area contributed by atoms with Crippen LogP contribution < -0.4 is 10.0 Å². The quantitative estimate of drug-likeness (QED) is 0.786. The molecule has 2 N–H and O–H groups in total. The molecule has 138 valence electrons. The van der Waals surface area contributed by atoms with Crippen LogP contribution in [0.5, 0.6) is 0 Å². The third kappa shape index (κ3) is 6.13. The molecule has 2 aromatic rings. The molecule has 0 heterocycles. The summed E-state index contributed by atoms with van der Waals surface area (Å²) in [7, 11) is -3.59. The van der Waals surface area contributed by atoms with Crippen molar-refractivity contribution in [2.75, 3.05) is 5.32 Å². The Kier molecular flexibility index (Phi) is 6.00. The van der Waals surface area contributed by atoms with Crippen LogP contribution in [0.4, 0.5) is 5.69 Å². The SMILES string of the molecule is Cc1ccc(/C=C/C(=O)Nc2ccc(S(=O)(=O)NC(C)(C)C)cc2)cc1. The first-order chi connectivity index (χ1) is 12.0. The number of nitrogens with one attached hydrogen (secondary N) is 2. The van der Waals surface area contributed by atoms with Gasteiger partial charge in [-0.3, -0.25) is 4.79 Å². The van der Waals surface area contributed by atoms with Crippen LogP contribution in [0.2, 0.25) is 0 Å². The Hall–Kier alpha value is -2.44. The van der Waals surface area contributed by atoms with Crippen LogP contribution in [0.15, 0.2) is 59.5 Å². The van der Waals surface area contributed by atoms with E-state index in [0.717, 1.165) is 11.1 Å². The summed E-state index contributed by atoms with van der Waals surface area (Å²) in [4.78, 5) is 12.1. The summed E-state index contributed by atoms with van der Waals surface area (Å²) < 4.78 is 27.1. The molecule has 0 aliphatic heterocycles. The lowest BCUT2D eigenvalue weighted by atomic mass is 10.1. The van der Waals surface area contributed by atoms with E-state index >= 15 is 0 Å². The second-order valence-corrected chi connectivity index (χ2v) is 8.80. The molecule has 2 rings (SSSR count). The van der Waals surface area contributed by atoms with E-state index in [-0.39, 0.29) is 10.8 Å². The summed E-state index contributed by atoms with van der Waals surface area (Å²) in [5.74, 6) is -0.283. The molecule has 0 spiro atoms. The Bertz CT molecular complexity index is 892. The van der Waals surface area contributed by atoms with Gasteiger partial charge in [0.2, 0.25) is 15.9 Å². The molecule has 0 saturated heterocycles. The van der Waals surface area contributed by atoms with Gasteiger partial charge in [-0.2, -0.15) is 0 Å². The number of hydrogen-bond donors (Lipinski definition) is 2. The fourth-order valence-corrected chi connectivity index (χ4v) is 3.63. The molecule has 5 nitrogen and oxygen atoms in total. The lowest BCUT2D eigenvalue weighted by Gasteiger charge is -2.20. The molecule has 0 aliphatic carbocycles. The first-order valence-corrected chi connectivity index (χ1v) is 9.73. The summed E-state index contributed by atoms with van der Waals surface area (Å²) in [6, 6.07) is 13.9. The normalized spacial score (nSPS) is 12.3. The third-order valence-corrected chi connectivity index (χ3v) is 5.15. The summed E-state index contributed by atoms with van der Waals surface area (Å²) in [5.41, 5.74) is 2.05. The summed E-state index contributed by atoms with van der Waals surface area (Å²) in [5, 5.41) is 2.71. The van der Waals surface area contributed by atoms with Crippen molar-refractivity contribution in [1.82, 2.24) is 4.72 Å². The molecule has 0 unspecified atom stereocenters. The highest BCUT2D eigenvalue weighted by Crippen LogP contribution is 2.16. The second-order valence-electron chi connectivity index (χ2n) is 7.11. The van der Waals surface area contributed by atoms with Gasteiger partial charge in [0.15, 0.2) is 0 Å². The van der Waals surface area contributed by atoms with Crippen molar-refractivity contribution in [3.8, 4) is 0 Å². The number of carbonyl (C=O) groups excluding carboxylic acids is 1. The molecule has 2 aromatic carbocycles. The Balaban J connectivity index is 2.02. The molecule has 6 heteroatoms. The Labute approximate surface area is 155 Å². The summed E-state index contributed by atoms with van der Waals surface area (Å²) in [6.45, 7) is 7.33. The van der Waals surface area contributed by atoms with E-state index in [4.69, 9.17) is 0 Å². The molecule has 0 radical (unpaired) electrons. The first-order valence-electron chi connectivity index (χ1n) is 8.25. The topological polar surface area (TPSA) is 75.3 Å². The monoisotopic (exact) mass is 372 g/mol. The summed E-state index contributed by atoms with van der Waals surface area (Å²) >= 11 is 0. The van der Waals surface area contributed by atoms with Gasteiger partial charge in [0, 0.05) is 17.3 Å². The van der Waals surface area contributed by atoms with Gasteiger partial charge < -0.3 is 5.32 Å². The maximum Gasteiger partial charge on any atom is 0.248 e. The zero-order valence-electron chi connectivity index (χ0n) is 15.4. The van der Waals surface area contributed by atoms with Crippen LogP contribution in [-0.4, -0.2) is 19.9 Å². The lowest BCUT2D eigenvalue weighted by molar-refractivity contribution is -0.111. The van der Waals surface area contributed by atoms with Crippen LogP contribution in [0, 0.1) is 6.92 Å². The fraction of sp³-hybridized carbons (Fsp3) is 0.250. The van der Waals surface area contributed by atoms with E-state index in [1.165, 1.54) is 18.2 Å². The smallest absolute Gasteiger partial charge is 0.248 e. The molecule has 0 aromatic heterocycles. The molecule has 0 saturated carbocycles. The highest BCUT2D eigenvalue weighted by atomic mass is 32.2. The average molecular weight is 372 g/mol. The number of amides is 1. The van der Waals surface area contributed by atoms with Crippen LogP contribution in [0.25, 0.3) is 6.08 Å². The lowest BCUT2D eigenvalue weighted by Crippen LogP contribution is -2.40. The van der Waals surface area contributed by atoms with Crippen molar-refractivity contribution >= 4 is 27.7 Å². The van der Waals surface area contributed by atoms with Crippen LogP contribution in [0.1, 0.15) is 31.9 Å². The zero-order chi connectivity index (χ0) is 19.4. The number of benzene rings is 2. The fourth-order valence-electron chi connectivity index (χ4n) is 2.21. The molecular weight excluding hydrogens is 348 g/mol. The Morgan fingerprint density at radius 3 is 2.08 bits per heavy atom. The van der Waals surface area contributed by atoms with Crippen molar-refractivity contribution in [3.63, 3.8) is 0 Å². The van der Waals surface area contributed by atoms with Gasteiger partial charge in [0.05, 0.1) is 4.90 Å². The van der Waals surface area contributed by atoms with Crippen molar-refractivity contribution in [2.45, 2.75) is 38.1 Å². The van der Waals surface area contributed by atoms with Crippen molar-refractivity contribution in [1.29, 1.82) is 0 Å². The first kappa shape index (κ1) is 19.9. The average Bonchev–Trinajstić information content (AvgIpc) is 2.52. The van der Waals surface area contributed by atoms with E-state index in [1.807, 2.05) is 31.2 Å². The number of aryl methyl sites for hydroxylation is 1. The number of anilines is 1. The third-order valence-electron chi connectivity index (χ3n) is 3.38. The van der Waals surface area contributed by atoms with Gasteiger partial charge in [-0.25, -0.2) is 13.1 Å². The van der Waals surface area contributed by atoms with Crippen LogP contribution >= 0.6 is 0 Å². The highest BCUT2D eigenvalue weighted by Gasteiger charge is 2.21. The number of hydrogen-bond acceptors (Lipinski definition) is 3. The minimum Gasteiger partial charge on any atom is -0.323 e.